The molecule has 1 saturated carbocycles. The van der Waals surface area contributed by atoms with Crippen LogP contribution in [0, 0.1) is 5.92 Å². The van der Waals surface area contributed by atoms with Crippen LogP contribution in [0.4, 0.5) is 0 Å². The van der Waals surface area contributed by atoms with E-state index in [4.69, 9.17) is 0 Å². The average molecular weight is 196 g/mol. The van der Waals surface area contributed by atoms with Gasteiger partial charge in [-0.25, -0.2) is 0 Å². The first kappa shape index (κ1) is 10.4. The number of likely N-dealkylation sites (tertiary alicyclic amines) is 1. The van der Waals surface area contributed by atoms with Gasteiger partial charge < -0.3 is 10.2 Å². The van der Waals surface area contributed by atoms with Crippen LogP contribution in [0.1, 0.15) is 39.0 Å². The number of hydrogen-bond acceptors (Lipinski definition) is 2. The molecule has 0 aromatic heterocycles. The number of nitrogens with one attached hydrogen (secondary N) is 1. The van der Waals surface area contributed by atoms with Crippen LogP contribution in [0.5, 0.6) is 0 Å². The number of hydrogen-bond donors (Lipinski definition) is 1. The van der Waals surface area contributed by atoms with Crippen molar-refractivity contribution in [1.82, 2.24) is 10.2 Å². The van der Waals surface area contributed by atoms with E-state index in [1.165, 1.54) is 45.2 Å². The van der Waals surface area contributed by atoms with Gasteiger partial charge in [-0.3, -0.25) is 0 Å². The second-order valence-electron chi connectivity index (χ2n) is 5.38. The van der Waals surface area contributed by atoms with Crippen LogP contribution in [0.25, 0.3) is 0 Å². The normalized spacial score (nSPS) is 40.3. The highest BCUT2D eigenvalue weighted by atomic mass is 15.2. The Kier molecular flexibility index (Phi) is 3.45. The molecule has 0 amide bonds. The van der Waals surface area contributed by atoms with Gasteiger partial charge in [0.05, 0.1) is 0 Å². The van der Waals surface area contributed by atoms with Crippen LogP contribution in [0.15, 0.2) is 0 Å². The summed E-state index contributed by atoms with van der Waals surface area (Å²) < 4.78 is 0. The molecule has 2 heteroatoms. The Morgan fingerprint density at radius 3 is 2.64 bits per heavy atom. The summed E-state index contributed by atoms with van der Waals surface area (Å²) in [5, 5.41) is 3.84. The van der Waals surface area contributed by atoms with Gasteiger partial charge in [-0.2, -0.15) is 0 Å². The van der Waals surface area contributed by atoms with Gasteiger partial charge in [-0.15, -0.1) is 0 Å². The smallest absolute Gasteiger partial charge is 0.0209 e. The number of likely N-dealkylation sites (N-methyl/N-ethyl adjacent to an activating group) is 1. The fourth-order valence-corrected chi connectivity index (χ4v) is 2.99. The molecule has 1 saturated heterocycles. The first-order chi connectivity index (χ1) is 6.74. The molecule has 0 aromatic rings. The fourth-order valence-electron chi connectivity index (χ4n) is 2.99. The summed E-state index contributed by atoms with van der Waals surface area (Å²) in [5.41, 5.74) is 0. The lowest BCUT2D eigenvalue weighted by Crippen LogP contribution is -2.41. The maximum absolute atomic E-state index is 3.84. The van der Waals surface area contributed by atoms with Gasteiger partial charge in [0.1, 0.15) is 0 Å². The van der Waals surface area contributed by atoms with Crippen molar-refractivity contribution >= 4 is 0 Å². The van der Waals surface area contributed by atoms with Gasteiger partial charge in [0.2, 0.25) is 0 Å². The van der Waals surface area contributed by atoms with Crippen molar-refractivity contribution in [3.05, 3.63) is 0 Å². The topological polar surface area (TPSA) is 15.3 Å². The zero-order chi connectivity index (χ0) is 9.97. The lowest BCUT2D eigenvalue weighted by Gasteiger charge is -2.30. The van der Waals surface area contributed by atoms with Gasteiger partial charge in [0.25, 0.3) is 0 Å². The molecular weight excluding hydrogens is 172 g/mol. The largest absolute Gasteiger partial charge is 0.310 e. The lowest BCUT2D eigenvalue weighted by atomic mass is 9.87. The Balaban J connectivity index is 1.74. The van der Waals surface area contributed by atoms with E-state index in [-0.39, 0.29) is 0 Å². The van der Waals surface area contributed by atoms with Crippen LogP contribution in [0.3, 0.4) is 0 Å². The summed E-state index contributed by atoms with van der Waals surface area (Å²) in [6.45, 7) is 4.93. The zero-order valence-electron chi connectivity index (χ0n) is 9.63. The van der Waals surface area contributed by atoms with E-state index in [9.17, 15) is 0 Å². The maximum Gasteiger partial charge on any atom is 0.0209 e. The molecule has 2 nitrogen and oxygen atoms in total. The highest BCUT2D eigenvalue weighted by Crippen LogP contribution is 2.24. The molecule has 3 atom stereocenters. The molecule has 14 heavy (non-hydrogen) atoms. The van der Waals surface area contributed by atoms with Crippen molar-refractivity contribution in [1.29, 1.82) is 0 Å². The molecule has 0 radical (unpaired) electrons. The number of nitrogens with zero attached hydrogens (tertiary/aromatic N) is 1. The summed E-state index contributed by atoms with van der Waals surface area (Å²) in [7, 11) is 2.23. The van der Waals surface area contributed by atoms with Crippen LogP contribution in [0.2, 0.25) is 0 Å². The van der Waals surface area contributed by atoms with Crippen molar-refractivity contribution in [2.75, 3.05) is 20.1 Å². The van der Waals surface area contributed by atoms with Gasteiger partial charge in [0.15, 0.2) is 0 Å². The van der Waals surface area contributed by atoms with Gasteiger partial charge in [-0.05, 0) is 38.8 Å². The summed E-state index contributed by atoms with van der Waals surface area (Å²) in [6.07, 6.45) is 7.04. The third-order valence-corrected chi connectivity index (χ3v) is 3.80. The van der Waals surface area contributed by atoms with Gasteiger partial charge >= 0.3 is 0 Å². The molecule has 0 bridgehead atoms. The molecule has 2 fully saturated rings. The molecule has 1 aliphatic heterocycles. The highest BCUT2D eigenvalue weighted by molar-refractivity contribution is 4.84. The standard InChI is InChI=1S/C12H24N2/c1-10-4-3-5-11(8-10)13-12-6-7-14(2)9-12/h10-13H,3-9H2,1-2H3/t10-,11-,12-/m1/s1. The van der Waals surface area contributed by atoms with Crippen molar-refractivity contribution < 1.29 is 0 Å². The Bertz CT molecular complexity index is 181. The first-order valence-corrected chi connectivity index (χ1v) is 6.18. The second-order valence-corrected chi connectivity index (χ2v) is 5.38. The highest BCUT2D eigenvalue weighted by Gasteiger charge is 2.24. The van der Waals surface area contributed by atoms with E-state index in [1.54, 1.807) is 0 Å². The minimum absolute atomic E-state index is 0.773. The Morgan fingerprint density at radius 1 is 1.14 bits per heavy atom. The maximum atomic E-state index is 3.84. The van der Waals surface area contributed by atoms with Crippen molar-refractivity contribution in [2.45, 2.75) is 51.1 Å². The predicted molar refractivity (Wildman–Crippen MR) is 60.5 cm³/mol. The summed E-state index contributed by atoms with van der Waals surface area (Å²) in [4.78, 5) is 2.43. The summed E-state index contributed by atoms with van der Waals surface area (Å²) >= 11 is 0. The Labute approximate surface area is 88.1 Å². The molecule has 1 aliphatic carbocycles. The predicted octanol–water partition coefficient (Wildman–Crippen LogP) is 1.86. The van der Waals surface area contributed by atoms with Crippen LogP contribution in [-0.2, 0) is 0 Å². The van der Waals surface area contributed by atoms with E-state index in [0.29, 0.717) is 0 Å². The third kappa shape index (κ3) is 2.71. The molecule has 82 valence electrons. The molecule has 0 spiro atoms. The Hall–Kier alpha value is -0.0800. The fraction of sp³-hybridized carbons (Fsp3) is 1.00. The first-order valence-electron chi connectivity index (χ1n) is 6.18. The van der Waals surface area contributed by atoms with E-state index in [2.05, 4.69) is 24.2 Å². The van der Waals surface area contributed by atoms with Crippen molar-refractivity contribution in [2.24, 2.45) is 5.92 Å². The van der Waals surface area contributed by atoms with Crippen LogP contribution < -0.4 is 5.32 Å². The summed E-state index contributed by atoms with van der Waals surface area (Å²) in [5.74, 6) is 0.945. The third-order valence-electron chi connectivity index (χ3n) is 3.80. The van der Waals surface area contributed by atoms with E-state index >= 15 is 0 Å². The quantitative estimate of drug-likeness (QED) is 0.725. The monoisotopic (exact) mass is 196 g/mol. The van der Waals surface area contributed by atoms with Gasteiger partial charge in [-0.1, -0.05) is 19.8 Å². The summed E-state index contributed by atoms with van der Waals surface area (Å²) in [6, 6.07) is 1.59. The van der Waals surface area contributed by atoms with Crippen molar-refractivity contribution in [3.8, 4) is 0 Å². The van der Waals surface area contributed by atoms with Crippen LogP contribution in [-0.4, -0.2) is 37.1 Å². The SMILES string of the molecule is C[C@@H]1CCC[C@@H](N[C@@H]2CCN(C)C2)C1. The zero-order valence-corrected chi connectivity index (χ0v) is 9.63. The van der Waals surface area contributed by atoms with Crippen molar-refractivity contribution in [3.63, 3.8) is 0 Å². The lowest BCUT2D eigenvalue weighted by molar-refractivity contribution is 0.278. The van der Waals surface area contributed by atoms with Crippen LogP contribution >= 0.6 is 0 Å². The molecule has 0 aromatic carbocycles. The number of rotatable bonds is 2. The minimum atomic E-state index is 0.773. The molecule has 1 heterocycles. The molecule has 1 N–H and O–H groups in total. The molecular formula is C12H24N2. The molecule has 2 aliphatic rings. The second kappa shape index (κ2) is 4.63. The van der Waals surface area contributed by atoms with E-state index in [0.717, 1.165) is 18.0 Å². The van der Waals surface area contributed by atoms with Gasteiger partial charge in [0, 0.05) is 18.6 Å². The van der Waals surface area contributed by atoms with E-state index < -0.39 is 0 Å². The molecule has 0 unspecified atom stereocenters. The van der Waals surface area contributed by atoms with E-state index in [1.807, 2.05) is 0 Å². The average Bonchev–Trinajstić information content (AvgIpc) is 2.51. The minimum Gasteiger partial charge on any atom is -0.310 e. The molecule has 2 rings (SSSR count). The Morgan fingerprint density at radius 2 is 2.00 bits per heavy atom.